The van der Waals surface area contributed by atoms with Gasteiger partial charge in [-0.1, -0.05) is 71.7 Å². The van der Waals surface area contributed by atoms with E-state index >= 15 is 0 Å². The predicted octanol–water partition coefficient (Wildman–Crippen LogP) is 5.88. The number of halogens is 2. The Morgan fingerprint density at radius 2 is 1.40 bits per heavy atom. The van der Waals surface area contributed by atoms with Gasteiger partial charge in [-0.25, -0.2) is 9.59 Å². The Labute approximate surface area is 319 Å². The van der Waals surface area contributed by atoms with E-state index in [0.717, 1.165) is 5.56 Å². The van der Waals surface area contributed by atoms with Gasteiger partial charge < -0.3 is 40.2 Å². The highest BCUT2D eigenvalue weighted by Crippen LogP contribution is 2.26. The van der Waals surface area contributed by atoms with Crippen molar-refractivity contribution >= 4 is 53.2 Å². The lowest BCUT2D eigenvalue weighted by Crippen LogP contribution is -2.55. The number of nitrogens with one attached hydrogen (secondary N) is 4. The van der Waals surface area contributed by atoms with Crippen molar-refractivity contribution in [3.8, 4) is 5.75 Å². The Hall–Kier alpha value is -5.01. The number of carbonyl (C=O) groups is 5. The van der Waals surface area contributed by atoms with Gasteiger partial charge in [-0.15, -0.1) is 0 Å². The van der Waals surface area contributed by atoms with E-state index in [1.54, 1.807) is 63.2 Å². The summed E-state index contributed by atoms with van der Waals surface area (Å²) in [6.07, 6.45) is -0.372. The first-order chi connectivity index (χ1) is 25.2. The van der Waals surface area contributed by atoms with Gasteiger partial charge in [0.25, 0.3) is 0 Å². The second-order valence-electron chi connectivity index (χ2n) is 12.9. The molecule has 0 saturated carbocycles. The molecule has 3 aromatic carbocycles. The van der Waals surface area contributed by atoms with Crippen LogP contribution in [0.15, 0.2) is 72.8 Å². The monoisotopic (exact) mass is 772 g/mol. The van der Waals surface area contributed by atoms with Crippen LogP contribution in [0.5, 0.6) is 5.75 Å². The minimum Gasteiger partial charge on any atom is -0.489 e. The molecule has 0 aromatic heterocycles. The number of ether oxygens (including phenoxy) is 4. The Morgan fingerprint density at radius 3 is 2.04 bits per heavy atom. The molecule has 53 heavy (non-hydrogen) atoms. The first kappa shape index (κ1) is 42.4. The van der Waals surface area contributed by atoms with Crippen molar-refractivity contribution in [3.05, 3.63) is 99.5 Å². The van der Waals surface area contributed by atoms with Crippen LogP contribution >= 0.6 is 23.2 Å². The maximum absolute atomic E-state index is 13.7. The van der Waals surface area contributed by atoms with Crippen molar-refractivity contribution in [2.45, 2.75) is 77.4 Å². The number of methoxy groups -OCH3 is 1. The molecule has 4 N–H and O–H groups in total. The summed E-state index contributed by atoms with van der Waals surface area (Å²) < 4.78 is 21.1. The highest BCUT2D eigenvalue weighted by atomic mass is 35.5. The van der Waals surface area contributed by atoms with E-state index in [-0.39, 0.29) is 32.6 Å². The minimum atomic E-state index is -1.16. The Bertz CT molecular complexity index is 1650. The van der Waals surface area contributed by atoms with Crippen molar-refractivity contribution in [1.82, 2.24) is 21.3 Å². The van der Waals surface area contributed by atoms with Crippen LogP contribution in [0.1, 0.15) is 56.7 Å². The molecule has 2 atom stereocenters. The largest absolute Gasteiger partial charge is 0.489 e. The highest BCUT2D eigenvalue weighted by Gasteiger charge is 2.29. The van der Waals surface area contributed by atoms with E-state index in [0.29, 0.717) is 39.8 Å². The Balaban J connectivity index is 1.65. The molecular weight excluding hydrogens is 727 g/mol. The van der Waals surface area contributed by atoms with Gasteiger partial charge in [0.1, 0.15) is 43.2 Å². The number of unbranched alkanes of at least 4 members (excludes halogenated alkanes) is 1. The van der Waals surface area contributed by atoms with Crippen molar-refractivity contribution in [1.29, 1.82) is 0 Å². The number of alkyl carbamates (subject to hydrolysis) is 2. The quantitative estimate of drug-likeness (QED) is 0.0701. The molecule has 0 heterocycles. The molecular formula is C38H46Cl2N4O9. The molecule has 3 aromatic rings. The molecule has 13 nitrogen and oxygen atoms in total. The zero-order valence-corrected chi connectivity index (χ0v) is 31.7. The average molecular weight is 774 g/mol. The van der Waals surface area contributed by atoms with E-state index in [1.165, 1.54) is 7.11 Å². The molecule has 0 aliphatic heterocycles. The number of benzene rings is 3. The molecule has 3 rings (SSSR count). The minimum absolute atomic E-state index is 0.0349. The fourth-order valence-corrected chi connectivity index (χ4v) is 5.28. The molecule has 15 heteroatoms. The van der Waals surface area contributed by atoms with E-state index in [4.69, 9.17) is 37.4 Å². The Morgan fingerprint density at radius 1 is 0.717 bits per heavy atom. The third kappa shape index (κ3) is 16.0. The molecule has 0 radical (unpaired) electrons. The summed E-state index contributed by atoms with van der Waals surface area (Å²) in [6, 6.07) is 19.0. The third-order valence-corrected chi connectivity index (χ3v) is 8.19. The third-order valence-electron chi connectivity index (χ3n) is 7.48. The molecule has 0 aliphatic rings. The molecule has 0 aliphatic carbocycles. The summed E-state index contributed by atoms with van der Waals surface area (Å²) in [7, 11) is 1.19. The smallest absolute Gasteiger partial charge is 0.408 e. The first-order valence-electron chi connectivity index (χ1n) is 17.0. The molecule has 286 valence electrons. The summed E-state index contributed by atoms with van der Waals surface area (Å²) in [4.78, 5) is 63.6. The number of amides is 4. The van der Waals surface area contributed by atoms with Gasteiger partial charge in [-0.2, -0.15) is 0 Å². The fourth-order valence-electron chi connectivity index (χ4n) is 4.78. The van der Waals surface area contributed by atoms with Gasteiger partial charge in [-0.05, 0) is 75.4 Å². The molecule has 0 saturated heterocycles. The van der Waals surface area contributed by atoms with Crippen molar-refractivity contribution < 1.29 is 42.9 Å². The number of carbonyl (C=O) groups excluding carboxylic acids is 5. The predicted molar refractivity (Wildman–Crippen MR) is 200 cm³/mol. The average Bonchev–Trinajstić information content (AvgIpc) is 3.11. The van der Waals surface area contributed by atoms with Crippen LogP contribution in [0.3, 0.4) is 0 Å². The summed E-state index contributed by atoms with van der Waals surface area (Å²) >= 11 is 12.5. The molecule has 0 fully saturated rings. The van der Waals surface area contributed by atoms with E-state index in [9.17, 15) is 24.0 Å². The number of esters is 1. The van der Waals surface area contributed by atoms with Gasteiger partial charge in [0.2, 0.25) is 11.8 Å². The zero-order chi connectivity index (χ0) is 38.8. The normalized spacial score (nSPS) is 12.0. The Kier molecular flexibility index (Phi) is 17.2. The number of rotatable bonds is 18. The van der Waals surface area contributed by atoms with Crippen LogP contribution in [0.2, 0.25) is 10.0 Å². The van der Waals surface area contributed by atoms with Crippen LogP contribution in [-0.2, 0) is 48.2 Å². The summed E-state index contributed by atoms with van der Waals surface area (Å²) in [5, 5.41) is 11.4. The zero-order valence-electron chi connectivity index (χ0n) is 30.2. The maximum Gasteiger partial charge on any atom is 0.408 e. The fraction of sp³-hybridized carbons (Fsp3) is 0.395. The van der Waals surface area contributed by atoms with Gasteiger partial charge in [0.15, 0.2) is 0 Å². The lowest BCUT2D eigenvalue weighted by molar-refractivity contribution is -0.141. The van der Waals surface area contributed by atoms with Gasteiger partial charge in [0.05, 0.1) is 7.11 Å². The molecule has 0 spiro atoms. The number of hydrogen-bond donors (Lipinski definition) is 4. The lowest BCUT2D eigenvalue weighted by Gasteiger charge is -2.25. The second-order valence-corrected chi connectivity index (χ2v) is 13.7. The standard InChI is InChI=1S/C38H46Cl2N4O9/c1-38(2,3)53-37(49)44-32(21-25-16-18-27(19-17-25)51-24-28-29(39)13-10-14-30(28)40)35(47)43-31(34(46)42-22-33(45)50-4)15-8-9-20-41-36(48)52-23-26-11-6-5-7-12-26/h5-7,10-14,16-19,31-32H,8-9,15,20-24H2,1-4H3,(H,41,48)(H,42,46)(H,43,47)(H,44,49)/t31-,32-/m0/s1. The summed E-state index contributed by atoms with van der Waals surface area (Å²) in [6.45, 7) is 5.17. The molecule has 0 bridgehead atoms. The first-order valence-corrected chi connectivity index (χ1v) is 17.7. The van der Waals surface area contributed by atoms with Crippen LogP contribution < -0.4 is 26.0 Å². The topological polar surface area (TPSA) is 170 Å². The van der Waals surface area contributed by atoms with E-state index < -0.39 is 54.2 Å². The van der Waals surface area contributed by atoms with Gasteiger partial charge >= 0.3 is 18.2 Å². The lowest BCUT2D eigenvalue weighted by atomic mass is 10.0. The molecule has 4 amide bonds. The summed E-state index contributed by atoms with van der Waals surface area (Å²) in [5.41, 5.74) is 1.31. The van der Waals surface area contributed by atoms with Crippen LogP contribution in [0, 0.1) is 0 Å². The van der Waals surface area contributed by atoms with Gasteiger partial charge in [-0.3, -0.25) is 14.4 Å². The van der Waals surface area contributed by atoms with E-state index in [2.05, 4.69) is 26.0 Å². The van der Waals surface area contributed by atoms with Crippen molar-refractivity contribution in [2.75, 3.05) is 20.2 Å². The van der Waals surface area contributed by atoms with Gasteiger partial charge in [0, 0.05) is 28.6 Å². The van der Waals surface area contributed by atoms with Crippen molar-refractivity contribution in [2.24, 2.45) is 0 Å². The molecule has 0 unspecified atom stereocenters. The number of hydrogen-bond acceptors (Lipinski definition) is 9. The second kappa shape index (κ2) is 21.5. The van der Waals surface area contributed by atoms with Crippen LogP contribution in [-0.4, -0.2) is 67.9 Å². The van der Waals surface area contributed by atoms with Crippen LogP contribution in [0.25, 0.3) is 0 Å². The highest BCUT2D eigenvalue weighted by molar-refractivity contribution is 6.35. The summed E-state index contributed by atoms with van der Waals surface area (Å²) in [5.74, 6) is -1.44. The van der Waals surface area contributed by atoms with Crippen LogP contribution in [0.4, 0.5) is 9.59 Å². The SMILES string of the molecule is COC(=O)CNC(=O)[C@H](CCCCNC(=O)OCc1ccccc1)NC(=O)[C@H](Cc1ccc(OCc2c(Cl)cccc2Cl)cc1)NC(=O)OC(C)(C)C. The maximum atomic E-state index is 13.7. The van der Waals surface area contributed by atoms with E-state index in [1.807, 2.05) is 30.3 Å². The van der Waals surface area contributed by atoms with Crippen molar-refractivity contribution in [3.63, 3.8) is 0 Å².